The Morgan fingerprint density at radius 1 is 1.47 bits per heavy atom. The summed E-state index contributed by atoms with van der Waals surface area (Å²) in [6, 6.07) is 5.06. The van der Waals surface area contributed by atoms with Crippen LogP contribution in [0.15, 0.2) is 18.2 Å². The van der Waals surface area contributed by atoms with Gasteiger partial charge in [0.05, 0.1) is 18.2 Å². The molecule has 0 bridgehead atoms. The van der Waals surface area contributed by atoms with Gasteiger partial charge in [-0.15, -0.1) is 11.6 Å². The molecule has 1 unspecified atom stereocenters. The molecular weight excluding hydrogens is 267 g/mol. The number of para-hydroxylation sites is 1. The largest absolute Gasteiger partial charge is 0.376 e. The highest BCUT2D eigenvalue weighted by Gasteiger charge is 2.20. The number of rotatable bonds is 4. The van der Waals surface area contributed by atoms with Gasteiger partial charge in [-0.2, -0.15) is 0 Å². The lowest BCUT2D eigenvalue weighted by Crippen LogP contribution is -2.17. The minimum atomic E-state index is -0.278. The molecule has 0 N–H and O–H groups in total. The van der Waals surface area contributed by atoms with Gasteiger partial charge in [0, 0.05) is 18.9 Å². The van der Waals surface area contributed by atoms with Crippen molar-refractivity contribution in [2.24, 2.45) is 0 Å². The molecule has 0 radical (unpaired) electrons. The van der Waals surface area contributed by atoms with Crippen LogP contribution in [0.25, 0.3) is 11.0 Å². The number of halogens is 2. The van der Waals surface area contributed by atoms with Gasteiger partial charge in [-0.3, -0.25) is 0 Å². The first-order valence-corrected chi connectivity index (χ1v) is 7.14. The van der Waals surface area contributed by atoms with Crippen LogP contribution < -0.4 is 0 Å². The summed E-state index contributed by atoms with van der Waals surface area (Å²) in [5.74, 6) is 1.04. The van der Waals surface area contributed by atoms with E-state index in [2.05, 4.69) is 9.55 Å². The number of benzene rings is 1. The molecule has 1 aliphatic rings. The van der Waals surface area contributed by atoms with Crippen LogP contribution in [0.1, 0.15) is 18.7 Å². The second kappa shape index (κ2) is 5.47. The van der Waals surface area contributed by atoms with E-state index in [0.29, 0.717) is 17.8 Å². The molecule has 0 aliphatic carbocycles. The number of hydrogen-bond donors (Lipinski definition) is 0. The number of aryl methyl sites for hydroxylation is 1. The summed E-state index contributed by atoms with van der Waals surface area (Å²) in [5, 5.41) is 0. The fraction of sp³-hybridized carbons (Fsp3) is 0.500. The molecule has 0 saturated carbocycles. The average molecular weight is 283 g/mol. The molecule has 1 atom stereocenters. The van der Waals surface area contributed by atoms with E-state index in [1.54, 1.807) is 6.07 Å². The zero-order valence-corrected chi connectivity index (χ0v) is 11.4. The standard InChI is InChI=1S/C14H16ClFN2O/c15-7-6-13-17-14-11(16)4-1-5-12(14)18(13)9-10-3-2-8-19-10/h1,4-5,10H,2-3,6-9H2. The van der Waals surface area contributed by atoms with E-state index in [1.807, 2.05) is 6.07 Å². The van der Waals surface area contributed by atoms with Crippen molar-refractivity contribution in [2.45, 2.75) is 31.9 Å². The molecule has 0 spiro atoms. The number of alkyl halides is 1. The van der Waals surface area contributed by atoms with E-state index < -0.39 is 0 Å². The molecule has 1 aromatic heterocycles. The molecular formula is C14H16ClFN2O. The van der Waals surface area contributed by atoms with Crippen molar-refractivity contribution in [1.29, 1.82) is 0 Å². The lowest BCUT2D eigenvalue weighted by Gasteiger charge is -2.13. The molecule has 1 aromatic carbocycles. The first-order chi connectivity index (χ1) is 9.29. The minimum Gasteiger partial charge on any atom is -0.376 e. The maximum Gasteiger partial charge on any atom is 0.151 e. The Bertz CT molecular complexity index is 578. The summed E-state index contributed by atoms with van der Waals surface area (Å²) >= 11 is 5.81. The maximum absolute atomic E-state index is 13.8. The molecule has 19 heavy (non-hydrogen) atoms. The number of nitrogens with zero attached hydrogens (tertiary/aromatic N) is 2. The normalized spacial score (nSPS) is 19.4. The highest BCUT2D eigenvalue weighted by molar-refractivity contribution is 6.17. The Labute approximate surface area is 116 Å². The van der Waals surface area contributed by atoms with Gasteiger partial charge >= 0.3 is 0 Å². The van der Waals surface area contributed by atoms with Gasteiger partial charge in [0.2, 0.25) is 0 Å². The summed E-state index contributed by atoms with van der Waals surface area (Å²) in [5.41, 5.74) is 1.26. The third-order valence-electron chi connectivity index (χ3n) is 3.54. The summed E-state index contributed by atoms with van der Waals surface area (Å²) in [6.07, 6.45) is 2.99. The number of imidazole rings is 1. The van der Waals surface area contributed by atoms with E-state index in [9.17, 15) is 4.39 Å². The van der Waals surface area contributed by atoms with Gasteiger partial charge in [0.25, 0.3) is 0 Å². The van der Waals surface area contributed by atoms with Crippen molar-refractivity contribution >= 4 is 22.6 Å². The molecule has 0 amide bonds. The van der Waals surface area contributed by atoms with Crippen molar-refractivity contribution in [2.75, 3.05) is 12.5 Å². The smallest absolute Gasteiger partial charge is 0.151 e. The Morgan fingerprint density at radius 3 is 3.11 bits per heavy atom. The van der Waals surface area contributed by atoms with Crippen LogP contribution >= 0.6 is 11.6 Å². The molecule has 2 heterocycles. The van der Waals surface area contributed by atoms with Crippen molar-refractivity contribution in [1.82, 2.24) is 9.55 Å². The number of fused-ring (bicyclic) bond motifs is 1. The maximum atomic E-state index is 13.8. The summed E-state index contributed by atoms with van der Waals surface area (Å²) in [7, 11) is 0. The third-order valence-corrected chi connectivity index (χ3v) is 3.73. The predicted octanol–water partition coefficient (Wildman–Crippen LogP) is 3.14. The van der Waals surface area contributed by atoms with E-state index in [4.69, 9.17) is 16.3 Å². The van der Waals surface area contributed by atoms with Crippen LogP contribution in [0.4, 0.5) is 4.39 Å². The topological polar surface area (TPSA) is 27.1 Å². The molecule has 1 fully saturated rings. The highest BCUT2D eigenvalue weighted by Crippen LogP contribution is 2.23. The highest BCUT2D eigenvalue weighted by atomic mass is 35.5. The van der Waals surface area contributed by atoms with E-state index >= 15 is 0 Å². The fourth-order valence-corrected chi connectivity index (χ4v) is 2.80. The van der Waals surface area contributed by atoms with Crippen LogP contribution in [-0.4, -0.2) is 28.1 Å². The van der Waals surface area contributed by atoms with Crippen LogP contribution in [0.3, 0.4) is 0 Å². The molecule has 3 rings (SSSR count). The van der Waals surface area contributed by atoms with Crippen LogP contribution in [-0.2, 0) is 17.7 Å². The first-order valence-electron chi connectivity index (χ1n) is 6.61. The Balaban J connectivity index is 2.02. The van der Waals surface area contributed by atoms with Crippen LogP contribution in [0, 0.1) is 5.82 Å². The summed E-state index contributed by atoms with van der Waals surface area (Å²) in [6.45, 7) is 1.54. The summed E-state index contributed by atoms with van der Waals surface area (Å²) < 4.78 is 21.5. The zero-order chi connectivity index (χ0) is 13.2. The Hall–Kier alpha value is -1.13. The molecule has 1 saturated heterocycles. The lowest BCUT2D eigenvalue weighted by molar-refractivity contribution is 0.0972. The van der Waals surface area contributed by atoms with Gasteiger partial charge in [0.1, 0.15) is 11.3 Å². The van der Waals surface area contributed by atoms with E-state index in [1.165, 1.54) is 6.07 Å². The average Bonchev–Trinajstić information content (AvgIpc) is 3.01. The fourth-order valence-electron chi connectivity index (χ4n) is 2.63. The molecule has 1 aliphatic heterocycles. The van der Waals surface area contributed by atoms with Gasteiger partial charge in [-0.25, -0.2) is 9.37 Å². The van der Waals surface area contributed by atoms with Gasteiger partial charge in [0.15, 0.2) is 5.82 Å². The van der Waals surface area contributed by atoms with Crippen LogP contribution in [0.5, 0.6) is 0 Å². The molecule has 102 valence electrons. The lowest BCUT2D eigenvalue weighted by atomic mass is 10.2. The first kappa shape index (κ1) is 12.9. The molecule has 5 heteroatoms. The third kappa shape index (κ3) is 2.47. The van der Waals surface area contributed by atoms with Crippen LogP contribution in [0.2, 0.25) is 0 Å². The monoisotopic (exact) mass is 282 g/mol. The van der Waals surface area contributed by atoms with Crippen molar-refractivity contribution in [3.63, 3.8) is 0 Å². The molecule has 3 nitrogen and oxygen atoms in total. The SMILES string of the molecule is Fc1cccc2c1nc(CCCl)n2CC1CCCO1. The second-order valence-electron chi connectivity index (χ2n) is 4.82. The summed E-state index contributed by atoms with van der Waals surface area (Å²) in [4.78, 5) is 4.39. The van der Waals surface area contributed by atoms with E-state index in [-0.39, 0.29) is 11.9 Å². The van der Waals surface area contributed by atoms with Crippen molar-refractivity contribution in [3.05, 3.63) is 29.8 Å². The van der Waals surface area contributed by atoms with E-state index in [0.717, 1.165) is 37.3 Å². The molecule has 2 aromatic rings. The minimum absolute atomic E-state index is 0.203. The second-order valence-corrected chi connectivity index (χ2v) is 5.20. The quantitative estimate of drug-likeness (QED) is 0.806. The van der Waals surface area contributed by atoms with Crippen molar-refractivity contribution in [3.8, 4) is 0 Å². The predicted molar refractivity (Wildman–Crippen MR) is 73.1 cm³/mol. The van der Waals surface area contributed by atoms with Gasteiger partial charge in [-0.05, 0) is 25.0 Å². The number of aromatic nitrogens is 2. The van der Waals surface area contributed by atoms with Gasteiger partial charge in [-0.1, -0.05) is 6.07 Å². The Morgan fingerprint density at radius 2 is 2.37 bits per heavy atom. The number of hydrogen-bond acceptors (Lipinski definition) is 2. The van der Waals surface area contributed by atoms with Gasteiger partial charge < -0.3 is 9.30 Å². The Kier molecular flexibility index (Phi) is 3.71. The zero-order valence-electron chi connectivity index (χ0n) is 10.6. The van der Waals surface area contributed by atoms with Crippen molar-refractivity contribution < 1.29 is 9.13 Å². The number of ether oxygens (including phenoxy) is 1.